The van der Waals surface area contributed by atoms with Crippen molar-refractivity contribution in [3.63, 3.8) is 0 Å². The van der Waals surface area contributed by atoms with E-state index in [0.717, 1.165) is 11.4 Å². The highest BCUT2D eigenvalue weighted by Crippen LogP contribution is 2.24. The van der Waals surface area contributed by atoms with Crippen molar-refractivity contribution >= 4 is 11.6 Å². The number of nitrogens with one attached hydrogen (secondary N) is 1. The number of rotatable bonds is 4. The predicted molar refractivity (Wildman–Crippen MR) is 73.4 cm³/mol. The van der Waals surface area contributed by atoms with Crippen LogP contribution in [-0.2, 0) is 0 Å². The Morgan fingerprint density at radius 3 is 2.63 bits per heavy atom. The van der Waals surface area contributed by atoms with E-state index in [0.29, 0.717) is 23.7 Å². The fourth-order valence-electron chi connectivity index (χ4n) is 1.75. The van der Waals surface area contributed by atoms with Crippen LogP contribution < -0.4 is 15.8 Å². The Morgan fingerprint density at radius 2 is 2.11 bits per heavy atom. The van der Waals surface area contributed by atoms with Crippen LogP contribution in [0.25, 0.3) is 5.69 Å². The first-order chi connectivity index (χ1) is 9.21. The number of hydrogen-bond donors (Lipinski definition) is 2. The Morgan fingerprint density at radius 1 is 1.42 bits per heavy atom. The average molecular weight is 257 g/mol. The number of nitriles is 1. The lowest BCUT2D eigenvalue weighted by Crippen LogP contribution is -2.02. The van der Waals surface area contributed by atoms with E-state index in [1.165, 1.54) is 4.68 Å². The molecule has 0 aliphatic heterocycles. The molecule has 2 aromatic rings. The third-order valence-corrected chi connectivity index (χ3v) is 2.69. The van der Waals surface area contributed by atoms with E-state index < -0.39 is 0 Å². The van der Waals surface area contributed by atoms with Crippen molar-refractivity contribution in [1.29, 1.82) is 5.26 Å². The topological polar surface area (TPSA) is 88.9 Å². The maximum absolute atomic E-state index is 9.12. The van der Waals surface area contributed by atoms with E-state index in [4.69, 9.17) is 15.7 Å². The fourth-order valence-corrected chi connectivity index (χ4v) is 1.75. The molecule has 0 aliphatic rings. The van der Waals surface area contributed by atoms with Gasteiger partial charge in [0.25, 0.3) is 0 Å². The summed E-state index contributed by atoms with van der Waals surface area (Å²) in [5.41, 5.74) is 7.09. The first-order valence-corrected chi connectivity index (χ1v) is 5.88. The highest BCUT2D eigenvalue weighted by molar-refractivity contribution is 5.66. The third kappa shape index (κ3) is 2.31. The molecule has 2 rings (SSSR count). The number of methoxy groups -OCH3 is 1. The van der Waals surface area contributed by atoms with Crippen molar-refractivity contribution in [3.8, 4) is 17.5 Å². The number of ether oxygens (including phenoxy) is 1. The molecule has 0 spiro atoms. The predicted octanol–water partition coefficient (Wildman–Crippen LogP) is 1.77. The summed E-state index contributed by atoms with van der Waals surface area (Å²) >= 11 is 0. The molecule has 0 atom stereocenters. The second-order valence-corrected chi connectivity index (χ2v) is 3.86. The third-order valence-electron chi connectivity index (χ3n) is 2.69. The second-order valence-electron chi connectivity index (χ2n) is 3.86. The van der Waals surface area contributed by atoms with Gasteiger partial charge in [0.05, 0.1) is 12.8 Å². The number of nitrogens with two attached hydrogens (primary N) is 1. The molecule has 0 saturated heterocycles. The van der Waals surface area contributed by atoms with Crippen LogP contribution in [0.15, 0.2) is 24.3 Å². The quantitative estimate of drug-likeness (QED) is 0.871. The van der Waals surface area contributed by atoms with Gasteiger partial charge in [-0.2, -0.15) is 5.26 Å². The molecule has 98 valence electrons. The maximum Gasteiger partial charge on any atom is 0.168 e. The Labute approximate surface area is 111 Å². The largest absolute Gasteiger partial charge is 0.497 e. The van der Waals surface area contributed by atoms with Gasteiger partial charge in [0, 0.05) is 6.54 Å². The molecule has 6 heteroatoms. The minimum Gasteiger partial charge on any atom is -0.497 e. The molecule has 0 fully saturated rings. The molecule has 0 amide bonds. The molecule has 0 saturated carbocycles. The van der Waals surface area contributed by atoms with Crippen molar-refractivity contribution in [2.24, 2.45) is 0 Å². The summed E-state index contributed by atoms with van der Waals surface area (Å²) < 4.78 is 6.64. The van der Waals surface area contributed by atoms with Crippen LogP contribution in [-0.4, -0.2) is 23.4 Å². The highest BCUT2D eigenvalue weighted by Gasteiger charge is 2.15. The van der Waals surface area contributed by atoms with Crippen LogP contribution >= 0.6 is 0 Å². The molecule has 0 bridgehead atoms. The van der Waals surface area contributed by atoms with Crippen LogP contribution in [0, 0.1) is 11.3 Å². The van der Waals surface area contributed by atoms with Crippen molar-refractivity contribution in [1.82, 2.24) is 9.78 Å². The monoisotopic (exact) mass is 257 g/mol. The molecule has 1 aromatic heterocycles. The molecule has 1 heterocycles. The van der Waals surface area contributed by atoms with Gasteiger partial charge in [-0.15, -0.1) is 5.10 Å². The van der Waals surface area contributed by atoms with Crippen LogP contribution in [0.4, 0.5) is 11.6 Å². The normalized spacial score (nSPS) is 9.95. The van der Waals surface area contributed by atoms with Crippen molar-refractivity contribution in [2.45, 2.75) is 6.92 Å². The van der Waals surface area contributed by atoms with Gasteiger partial charge in [-0.05, 0) is 31.2 Å². The zero-order chi connectivity index (χ0) is 13.8. The number of nitrogens with zero attached hydrogens (tertiary/aromatic N) is 3. The van der Waals surface area contributed by atoms with E-state index in [9.17, 15) is 0 Å². The smallest absolute Gasteiger partial charge is 0.168 e. The number of anilines is 2. The SMILES string of the molecule is CCNc1nn(-c2ccc(OC)cc2)c(N)c1C#N. The van der Waals surface area contributed by atoms with Crippen molar-refractivity contribution < 1.29 is 4.74 Å². The zero-order valence-corrected chi connectivity index (χ0v) is 10.8. The summed E-state index contributed by atoms with van der Waals surface area (Å²) in [7, 11) is 1.61. The lowest BCUT2D eigenvalue weighted by molar-refractivity contribution is 0.414. The van der Waals surface area contributed by atoms with Gasteiger partial charge < -0.3 is 15.8 Å². The van der Waals surface area contributed by atoms with Gasteiger partial charge in [0.15, 0.2) is 5.82 Å². The van der Waals surface area contributed by atoms with Gasteiger partial charge >= 0.3 is 0 Å². The Balaban J connectivity index is 2.47. The molecule has 0 radical (unpaired) electrons. The highest BCUT2D eigenvalue weighted by atomic mass is 16.5. The van der Waals surface area contributed by atoms with Crippen LogP contribution in [0.3, 0.4) is 0 Å². The summed E-state index contributed by atoms with van der Waals surface area (Å²) in [5.74, 6) is 1.57. The standard InChI is InChI=1S/C13H15N5O/c1-3-16-13-11(8-14)12(15)18(17-13)9-4-6-10(19-2)7-5-9/h4-7H,3,15H2,1-2H3,(H,16,17). The summed E-state index contributed by atoms with van der Waals surface area (Å²) in [4.78, 5) is 0. The van der Waals surface area contributed by atoms with E-state index >= 15 is 0 Å². The zero-order valence-electron chi connectivity index (χ0n) is 10.8. The first kappa shape index (κ1) is 12.8. The molecule has 1 aromatic carbocycles. The number of nitrogen functional groups attached to an aromatic ring is 1. The molecule has 0 aliphatic carbocycles. The van der Waals surface area contributed by atoms with E-state index in [1.807, 2.05) is 31.2 Å². The van der Waals surface area contributed by atoms with E-state index in [-0.39, 0.29) is 0 Å². The van der Waals surface area contributed by atoms with E-state index in [1.54, 1.807) is 7.11 Å². The number of aromatic nitrogens is 2. The van der Waals surface area contributed by atoms with Gasteiger partial charge in [0.2, 0.25) is 0 Å². The molecule has 19 heavy (non-hydrogen) atoms. The Hall–Kier alpha value is -2.68. The van der Waals surface area contributed by atoms with Gasteiger partial charge in [-0.1, -0.05) is 0 Å². The number of benzene rings is 1. The van der Waals surface area contributed by atoms with E-state index in [2.05, 4.69) is 16.5 Å². The summed E-state index contributed by atoms with van der Waals surface area (Å²) in [6.45, 7) is 2.61. The molecule has 0 unspecified atom stereocenters. The minimum absolute atomic E-state index is 0.323. The lowest BCUT2D eigenvalue weighted by atomic mass is 10.3. The molecular formula is C13H15N5O. The molecule has 3 N–H and O–H groups in total. The maximum atomic E-state index is 9.12. The van der Waals surface area contributed by atoms with Crippen molar-refractivity contribution in [2.75, 3.05) is 24.7 Å². The lowest BCUT2D eigenvalue weighted by Gasteiger charge is -2.05. The Kier molecular flexibility index (Phi) is 3.57. The van der Waals surface area contributed by atoms with Crippen LogP contribution in [0.5, 0.6) is 5.75 Å². The summed E-state index contributed by atoms with van der Waals surface area (Å²) in [6, 6.07) is 9.36. The first-order valence-electron chi connectivity index (χ1n) is 5.88. The summed E-state index contributed by atoms with van der Waals surface area (Å²) in [6.07, 6.45) is 0. The van der Waals surface area contributed by atoms with Gasteiger partial charge in [-0.3, -0.25) is 0 Å². The van der Waals surface area contributed by atoms with Crippen LogP contribution in [0.2, 0.25) is 0 Å². The van der Waals surface area contributed by atoms with Gasteiger partial charge in [0.1, 0.15) is 23.2 Å². The average Bonchev–Trinajstić information content (AvgIpc) is 2.75. The Bertz CT molecular complexity index is 609. The number of hydrogen-bond acceptors (Lipinski definition) is 5. The summed E-state index contributed by atoms with van der Waals surface area (Å²) in [5, 5.41) is 16.5. The molecular weight excluding hydrogens is 242 g/mol. The minimum atomic E-state index is 0.323. The molecule has 6 nitrogen and oxygen atoms in total. The van der Waals surface area contributed by atoms with Crippen LogP contribution in [0.1, 0.15) is 12.5 Å². The van der Waals surface area contributed by atoms with Crippen molar-refractivity contribution in [3.05, 3.63) is 29.8 Å². The fraction of sp³-hybridized carbons (Fsp3) is 0.231. The second kappa shape index (κ2) is 5.31. The van der Waals surface area contributed by atoms with Gasteiger partial charge in [-0.25, -0.2) is 4.68 Å².